The Balaban J connectivity index is 3.04. The van der Waals surface area contributed by atoms with Crippen molar-refractivity contribution in [2.24, 2.45) is 0 Å². The van der Waals surface area contributed by atoms with Crippen molar-refractivity contribution in [3.8, 4) is 5.75 Å². The van der Waals surface area contributed by atoms with Gasteiger partial charge in [0.05, 0.1) is 11.8 Å². The number of halogens is 2. The second kappa shape index (κ2) is 6.81. The summed E-state index contributed by atoms with van der Waals surface area (Å²) >= 11 is 0. The third-order valence-electron chi connectivity index (χ3n) is 2.62. The van der Waals surface area contributed by atoms with Gasteiger partial charge < -0.3 is 4.74 Å². The molecule has 0 radical (unpaired) electrons. The van der Waals surface area contributed by atoms with Crippen LogP contribution in [0.5, 0.6) is 5.75 Å². The lowest BCUT2D eigenvalue weighted by molar-refractivity contribution is -0.0506. The molecular weight excluding hydrogens is 276 g/mol. The predicted octanol–water partition coefficient (Wildman–Crippen LogP) is 2.68. The minimum Gasteiger partial charge on any atom is -0.434 e. The molecule has 1 atom stereocenters. The zero-order valence-electron chi connectivity index (χ0n) is 10.8. The quantitative estimate of drug-likeness (QED) is 0.841. The highest BCUT2D eigenvalue weighted by atomic mass is 32.2. The number of nitrogens with one attached hydrogen (secondary N) is 1. The summed E-state index contributed by atoms with van der Waals surface area (Å²) in [4.78, 5) is 0. The van der Waals surface area contributed by atoms with E-state index in [0.29, 0.717) is 12.0 Å². The normalized spacial score (nSPS) is 13.5. The van der Waals surface area contributed by atoms with Crippen LogP contribution in [0.1, 0.15) is 31.9 Å². The van der Waals surface area contributed by atoms with Crippen LogP contribution in [0.3, 0.4) is 0 Å². The molecule has 0 fully saturated rings. The Kier molecular flexibility index (Phi) is 5.68. The largest absolute Gasteiger partial charge is 0.434 e. The molecule has 4 nitrogen and oxygen atoms in total. The average Bonchev–Trinajstić information content (AvgIpc) is 2.36. The van der Waals surface area contributed by atoms with E-state index in [4.69, 9.17) is 0 Å². The van der Waals surface area contributed by atoms with Gasteiger partial charge in [0.1, 0.15) is 5.75 Å². The summed E-state index contributed by atoms with van der Waals surface area (Å²) in [5.41, 5.74) is 0.405. The fourth-order valence-electron chi connectivity index (χ4n) is 1.64. The number of rotatable bonds is 7. The van der Waals surface area contributed by atoms with E-state index in [1.807, 2.05) is 0 Å². The molecule has 0 heterocycles. The van der Waals surface area contributed by atoms with Crippen LogP contribution >= 0.6 is 0 Å². The van der Waals surface area contributed by atoms with E-state index in [-0.39, 0.29) is 11.5 Å². The number of sulfonamides is 1. The molecule has 0 aromatic heterocycles. The Morgan fingerprint density at radius 2 is 1.89 bits per heavy atom. The maximum Gasteiger partial charge on any atom is 0.387 e. The van der Waals surface area contributed by atoms with Crippen molar-refractivity contribution >= 4 is 10.0 Å². The molecule has 1 aromatic carbocycles. The van der Waals surface area contributed by atoms with E-state index < -0.39 is 22.7 Å². The highest BCUT2D eigenvalue weighted by Crippen LogP contribution is 2.28. The zero-order valence-corrected chi connectivity index (χ0v) is 11.6. The lowest BCUT2D eigenvalue weighted by Crippen LogP contribution is -2.30. The molecule has 0 spiro atoms. The highest BCUT2D eigenvalue weighted by molar-refractivity contribution is 7.89. The summed E-state index contributed by atoms with van der Waals surface area (Å²) in [6, 6.07) is 5.59. The Morgan fingerprint density at radius 3 is 2.42 bits per heavy atom. The molecule has 1 N–H and O–H groups in total. The Bertz CT molecular complexity index is 505. The lowest BCUT2D eigenvalue weighted by atomic mass is 10.0. The van der Waals surface area contributed by atoms with Crippen LogP contribution in [0.4, 0.5) is 8.78 Å². The molecule has 0 saturated heterocycles. The average molecular weight is 293 g/mol. The first kappa shape index (κ1) is 15.8. The molecule has 108 valence electrons. The summed E-state index contributed by atoms with van der Waals surface area (Å²) < 4.78 is 54.7. The van der Waals surface area contributed by atoms with Gasteiger partial charge in [-0.2, -0.15) is 8.78 Å². The van der Waals surface area contributed by atoms with Gasteiger partial charge in [0.25, 0.3) is 0 Å². The fourth-order valence-corrected chi connectivity index (χ4v) is 2.53. The summed E-state index contributed by atoms with van der Waals surface area (Å²) in [6.07, 6.45) is 0.433. The van der Waals surface area contributed by atoms with Gasteiger partial charge in [-0.05, 0) is 19.4 Å². The number of benzene rings is 1. The van der Waals surface area contributed by atoms with Gasteiger partial charge in [0.2, 0.25) is 10.0 Å². The van der Waals surface area contributed by atoms with Crippen LogP contribution in [0.15, 0.2) is 24.3 Å². The number of para-hydroxylation sites is 1. The van der Waals surface area contributed by atoms with Crippen molar-refractivity contribution in [2.45, 2.75) is 32.9 Å². The molecule has 0 bridgehead atoms. The Labute approximate surface area is 111 Å². The van der Waals surface area contributed by atoms with Crippen LogP contribution in [-0.2, 0) is 10.0 Å². The molecule has 0 saturated carbocycles. The first-order valence-electron chi connectivity index (χ1n) is 5.93. The molecule has 0 amide bonds. The van der Waals surface area contributed by atoms with Crippen molar-refractivity contribution in [2.75, 3.05) is 5.75 Å². The third-order valence-corrected chi connectivity index (χ3v) is 4.02. The minimum absolute atomic E-state index is 0.0110. The van der Waals surface area contributed by atoms with Crippen LogP contribution in [0.25, 0.3) is 0 Å². The van der Waals surface area contributed by atoms with Gasteiger partial charge in [0, 0.05) is 5.56 Å². The molecule has 7 heteroatoms. The Morgan fingerprint density at radius 1 is 1.26 bits per heavy atom. The van der Waals surface area contributed by atoms with Crippen LogP contribution in [0, 0.1) is 0 Å². The molecule has 0 aliphatic heterocycles. The minimum atomic E-state index is -3.42. The fraction of sp³-hybridized carbons (Fsp3) is 0.500. The van der Waals surface area contributed by atoms with E-state index in [2.05, 4.69) is 9.46 Å². The van der Waals surface area contributed by atoms with E-state index in [1.54, 1.807) is 25.1 Å². The molecule has 0 aliphatic carbocycles. The van der Waals surface area contributed by atoms with E-state index in [1.165, 1.54) is 13.0 Å². The smallest absolute Gasteiger partial charge is 0.387 e. The molecule has 0 aliphatic rings. The SMILES string of the molecule is CC[C@@H](NS(=O)(=O)CC)c1ccccc1OC(F)F. The maximum atomic E-state index is 12.3. The van der Waals surface area contributed by atoms with Gasteiger partial charge in [-0.3, -0.25) is 0 Å². The van der Waals surface area contributed by atoms with Crippen molar-refractivity contribution in [3.63, 3.8) is 0 Å². The van der Waals surface area contributed by atoms with Crippen LogP contribution in [-0.4, -0.2) is 20.8 Å². The van der Waals surface area contributed by atoms with E-state index in [9.17, 15) is 17.2 Å². The van der Waals surface area contributed by atoms with Crippen LogP contribution in [0.2, 0.25) is 0 Å². The van der Waals surface area contributed by atoms with Crippen molar-refractivity contribution in [1.82, 2.24) is 4.72 Å². The van der Waals surface area contributed by atoms with Crippen molar-refractivity contribution < 1.29 is 21.9 Å². The van der Waals surface area contributed by atoms with Gasteiger partial charge in [-0.15, -0.1) is 0 Å². The van der Waals surface area contributed by atoms with E-state index >= 15 is 0 Å². The highest BCUT2D eigenvalue weighted by Gasteiger charge is 2.20. The van der Waals surface area contributed by atoms with Gasteiger partial charge >= 0.3 is 6.61 Å². The topological polar surface area (TPSA) is 55.4 Å². The summed E-state index contributed by atoms with van der Waals surface area (Å²) in [5, 5.41) is 0. The van der Waals surface area contributed by atoms with Gasteiger partial charge in [0.15, 0.2) is 0 Å². The number of ether oxygens (including phenoxy) is 1. The number of hydrogen-bond donors (Lipinski definition) is 1. The summed E-state index contributed by atoms with van der Waals surface area (Å²) in [7, 11) is -3.42. The molecule has 1 aromatic rings. The van der Waals surface area contributed by atoms with Crippen molar-refractivity contribution in [3.05, 3.63) is 29.8 Å². The zero-order chi connectivity index (χ0) is 14.5. The van der Waals surface area contributed by atoms with Gasteiger partial charge in [-0.1, -0.05) is 25.1 Å². The van der Waals surface area contributed by atoms with Crippen molar-refractivity contribution in [1.29, 1.82) is 0 Å². The molecule has 19 heavy (non-hydrogen) atoms. The molecule has 0 unspecified atom stereocenters. The first-order valence-corrected chi connectivity index (χ1v) is 7.58. The molecule has 1 rings (SSSR count). The predicted molar refractivity (Wildman–Crippen MR) is 68.7 cm³/mol. The second-order valence-corrected chi connectivity index (χ2v) is 5.94. The first-order chi connectivity index (χ1) is 8.89. The maximum absolute atomic E-state index is 12.3. The van der Waals surface area contributed by atoms with Gasteiger partial charge in [-0.25, -0.2) is 13.1 Å². The lowest BCUT2D eigenvalue weighted by Gasteiger charge is -2.20. The summed E-state index contributed by atoms with van der Waals surface area (Å²) in [5.74, 6) is -0.0791. The molecular formula is C12H17F2NO3S. The third kappa shape index (κ3) is 4.76. The number of alkyl halides is 2. The monoisotopic (exact) mass is 293 g/mol. The van der Waals surface area contributed by atoms with E-state index in [0.717, 1.165) is 0 Å². The van der Waals surface area contributed by atoms with Crippen LogP contribution < -0.4 is 9.46 Å². The second-order valence-electron chi connectivity index (χ2n) is 3.90. The standard InChI is InChI=1S/C12H17F2NO3S/c1-3-10(15-19(16,17)4-2)9-7-5-6-8-11(9)18-12(13)14/h5-8,10,12,15H,3-4H2,1-2H3/t10-/m1/s1. The Hall–Kier alpha value is -1.21. The summed E-state index contributed by atoms with van der Waals surface area (Å²) in [6.45, 7) is 0.333. The number of hydrogen-bond acceptors (Lipinski definition) is 3.